The van der Waals surface area contributed by atoms with E-state index in [1.54, 1.807) is 24.2 Å². The Kier molecular flexibility index (Phi) is 3.99. The molecule has 0 amide bonds. The lowest BCUT2D eigenvalue weighted by atomic mass is 10.2. The normalized spacial score (nSPS) is 10.4. The van der Waals surface area contributed by atoms with Gasteiger partial charge in [0.05, 0.1) is 5.69 Å². The van der Waals surface area contributed by atoms with Gasteiger partial charge in [0.15, 0.2) is 0 Å². The molecule has 5 heteroatoms. The van der Waals surface area contributed by atoms with Crippen LogP contribution >= 0.6 is 11.8 Å². The molecule has 0 saturated carbocycles. The third-order valence-electron chi connectivity index (χ3n) is 2.68. The van der Waals surface area contributed by atoms with E-state index in [4.69, 9.17) is 0 Å². The number of thioether (sulfide) groups is 1. The van der Waals surface area contributed by atoms with Gasteiger partial charge in [-0.3, -0.25) is 9.97 Å². The van der Waals surface area contributed by atoms with E-state index < -0.39 is 0 Å². The van der Waals surface area contributed by atoms with E-state index in [0.29, 0.717) is 0 Å². The molecule has 0 bridgehead atoms. The van der Waals surface area contributed by atoms with E-state index in [0.717, 1.165) is 22.2 Å². The predicted molar refractivity (Wildman–Crippen MR) is 79.1 cm³/mol. The van der Waals surface area contributed by atoms with Crippen LogP contribution < -0.4 is 0 Å². The second-order valence-electron chi connectivity index (χ2n) is 4.12. The lowest BCUT2D eigenvalue weighted by molar-refractivity contribution is 0.931. The van der Waals surface area contributed by atoms with Gasteiger partial charge in [-0.05, 0) is 35.9 Å². The van der Waals surface area contributed by atoms with Crippen molar-refractivity contribution in [2.45, 2.75) is 10.8 Å². The molecule has 4 nitrogen and oxygen atoms in total. The number of hydrogen-bond donors (Lipinski definition) is 0. The van der Waals surface area contributed by atoms with E-state index in [1.165, 1.54) is 5.56 Å². The summed E-state index contributed by atoms with van der Waals surface area (Å²) in [7, 11) is 0. The molecule has 3 aromatic rings. The zero-order valence-corrected chi connectivity index (χ0v) is 11.5. The van der Waals surface area contributed by atoms with Crippen molar-refractivity contribution in [3.05, 3.63) is 66.6 Å². The van der Waals surface area contributed by atoms with Crippen LogP contribution in [-0.2, 0) is 5.75 Å². The molecule has 0 fully saturated rings. The van der Waals surface area contributed by atoms with Crippen LogP contribution in [0.15, 0.2) is 66.1 Å². The molecule has 0 aliphatic carbocycles. The van der Waals surface area contributed by atoms with Crippen LogP contribution in [-0.4, -0.2) is 20.2 Å². The van der Waals surface area contributed by atoms with Crippen molar-refractivity contribution in [2.75, 3.05) is 0 Å². The van der Waals surface area contributed by atoms with E-state index >= 15 is 0 Å². The quantitative estimate of drug-likeness (QED) is 0.687. The van der Waals surface area contributed by atoms with Gasteiger partial charge < -0.3 is 0 Å². The van der Waals surface area contributed by atoms with Crippen LogP contribution in [0.4, 0.5) is 0 Å². The Morgan fingerprint density at radius 1 is 0.850 bits per heavy atom. The molecule has 20 heavy (non-hydrogen) atoms. The molecule has 0 radical (unpaired) electrons. The molecular weight excluding hydrogens is 268 g/mol. The smallest absolute Gasteiger partial charge is 0.119 e. The van der Waals surface area contributed by atoms with E-state index in [1.807, 2.05) is 42.6 Å². The number of hydrogen-bond acceptors (Lipinski definition) is 5. The molecule has 0 aromatic carbocycles. The van der Waals surface area contributed by atoms with Crippen molar-refractivity contribution in [3.63, 3.8) is 0 Å². The van der Waals surface area contributed by atoms with Crippen molar-refractivity contribution >= 4 is 11.8 Å². The van der Waals surface area contributed by atoms with Gasteiger partial charge in [-0.25, -0.2) is 0 Å². The second kappa shape index (κ2) is 6.25. The molecule has 3 heterocycles. The van der Waals surface area contributed by atoms with Crippen LogP contribution in [0, 0.1) is 0 Å². The highest BCUT2D eigenvalue weighted by atomic mass is 32.2. The van der Waals surface area contributed by atoms with Crippen LogP contribution in [0.1, 0.15) is 5.56 Å². The van der Waals surface area contributed by atoms with Gasteiger partial charge in [-0.2, -0.15) is 0 Å². The highest BCUT2D eigenvalue weighted by Gasteiger charge is 2.02. The summed E-state index contributed by atoms with van der Waals surface area (Å²) < 4.78 is 0. The number of rotatable bonds is 4. The highest BCUT2D eigenvalue weighted by molar-refractivity contribution is 7.98. The summed E-state index contributed by atoms with van der Waals surface area (Å²) >= 11 is 1.64. The molecule has 3 aromatic heterocycles. The average molecular weight is 280 g/mol. The minimum atomic E-state index is 0.788. The summed E-state index contributed by atoms with van der Waals surface area (Å²) in [5, 5.41) is 9.33. The number of nitrogens with zero attached hydrogens (tertiary/aromatic N) is 4. The molecule has 0 spiro atoms. The van der Waals surface area contributed by atoms with E-state index in [2.05, 4.69) is 26.2 Å². The second-order valence-corrected chi connectivity index (χ2v) is 5.12. The summed E-state index contributed by atoms with van der Waals surface area (Å²) in [6.45, 7) is 0. The monoisotopic (exact) mass is 280 g/mol. The standard InChI is InChI=1S/C15H12N4S/c1-2-9-17-13(5-1)14-6-7-15(19-18-14)20-11-12-4-3-8-16-10-12/h1-10H,11H2. The Hall–Kier alpha value is -2.27. The van der Waals surface area contributed by atoms with Crippen molar-refractivity contribution < 1.29 is 0 Å². The Bertz CT molecular complexity index is 656. The summed E-state index contributed by atoms with van der Waals surface area (Å²) in [4.78, 5) is 8.35. The SMILES string of the molecule is c1ccc(-c2ccc(SCc3cccnc3)nn2)nc1. The van der Waals surface area contributed by atoms with E-state index in [9.17, 15) is 0 Å². The Morgan fingerprint density at radius 2 is 1.85 bits per heavy atom. The molecular formula is C15H12N4S. The lowest BCUT2D eigenvalue weighted by Crippen LogP contribution is -1.91. The van der Waals surface area contributed by atoms with Gasteiger partial charge in [0, 0.05) is 24.3 Å². The third kappa shape index (κ3) is 3.19. The number of aromatic nitrogens is 4. The summed E-state index contributed by atoms with van der Waals surface area (Å²) in [5.41, 5.74) is 2.80. The zero-order valence-electron chi connectivity index (χ0n) is 10.7. The first kappa shape index (κ1) is 12.7. The first-order valence-electron chi connectivity index (χ1n) is 6.19. The number of pyridine rings is 2. The first-order chi connectivity index (χ1) is 9.92. The maximum absolute atomic E-state index is 4.25. The Morgan fingerprint density at radius 3 is 2.55 bits per heavy atom. The van der Waals surface area contributed by atoms with Crippen molar-refractivity contribution in [1.82, 2.24) is 20.2 Å². The lowest BCUT2D eigenvalue weighted by Gasteiger charge is -2.02. The fourth-order valence-corrected chi connectivity index (χ4v) is 2.44. The maximum Gasteiger partial charge on any atom is 0.119 e. The summed E-state index contributed by atoms with van der Waals surface area (Å²) in [6, 6.07) is 13.6. The van der Waals surface area contributed by atoms with E-state index in [-0.39, 0.29) is 0 Å². The molecule has 0 saturated heterocycles. The largest absolute Gasteiger partial charge is 0.264 e. The van der Waals surface area contributed by atoms with Crippen LogP contribution in [0.3, 0.4) is 0 Å². The van der Waals surface area contributed by atoms with Crippen molar-refractivity contribution in [2.24, 2.45) is 0 Å². The van der Waals surface area contributed by atoms with Crippen LogP contribution in [0.2, 0.25) is 0 Å². The summed E-state index contributed by atoms with van der Waals surface area (Å²) in [5.74, 6) is 0.839. The first-order valence-corrected chi connectivity index (χ1v) is 7.17. The molecule has 0 N–H and O–H groups in total. The topological polar surface area (TPSA) is 51.6 Å². The third-order valence-corrected chi connectivity index (χ3v) is 3.67. The van der Waals surface area contributed by atoms with Crippen LogP contribution in [0.5, 0.6) is 0 Å². The Balaban J connectivity index is 1.68. The molecule has 98 valence electrons. The van der Waals surface area contributed by atoms with Gasteiger partial charge in [-0.1, -0.05) is 23.9 Å². The van der Waals surface area contributed by atoms with Gasteiger partial charge in [-0.15, -0.1) is 10.2 Å². The Labute approximate surface area is 121 Å². The van der Waals surface area contributed by atoms with Gasteiger partial charge in [0.1, 0.15) is 10.7 Å². The van der Waals surface area contributed by atoms with Crippen LogP contribution in [0.25, 0.3) is 11.4 Å². The average Bonchev–Trinajstić information content (AvgIpc) is 2.55. The van der Waals surface area contributed by atoms with Gasteiger partial charge in [0.2, 0.25) is 0 Å². The summed E-state index contributed by atoms with van der Waals surface area (Å²) in [6.07, 6.45) is 5.39. The molecule has 0 aliphatic heterocycles. The minimum absolute atomic E-state index is 0.788. The van der Waals surface area contributed by atoms with Crippen molar-refractivity contribution in [3.8, 4) is 11.4 Å². The maximum atomic E-state index is 4.25. The predicted octanol–water partition coefficient (Wildman–Crippen LogP) is 3.23. The molecule has 0 atom stereocenters. The zero-order chi connectivity index (χ0) is 13.6. The van der Waals surface area contributed by atoms with Crippen molar-refractivity contribution in [1.29, 1.82) is 0 Å². The fraction of sp³-hybridized carbons (Fsp3) is 0.0667. The van der Waals surface area contributed by atoms with Gasteiger partial charge in [0.25, 0.3) is 0 Å². The minimum Gasteiger partial charge on any atom is -0.264 e. The fourth-order valence-electron chi connectivity index (χ4n) is 1.69. The molecule has 3 rings (SSSR count). The molecule has 0 unspecified atom stereocenters. The molecule has 0 aliphatic rings. The highest BCUT2D eigenvalue weighted by Crippen LogP contribution is 2.21. The van der Waals surface area contributed by atoms with Gasteiger partial charge >= 0.3 is 0 Å².